The molecule has 0 spiro atoms. The third kappa shape index (κ3) is 4.11. The van der Waals surface area contributed by atoms with Crippen molar-refractivity contribution < 1.29 is 18.0 Å². The molecular weight excluding hydrogens is 281 g/mol. The van der Waals surface area contributed by atoms with Crippen LogP contribution in [-0.2, 0) is 11.0 Å². The van der Waals surface area contributed by atoms with E-state index < -0.39 is 23.7 Å². The largest absolute Gasteiger partial charge is 0.418 e. The number of hydrogen-bond acceptors (Lipinski definition) is 2. The number of amides is 1. The van der Waals surface area contributed by atoms with Crippen molar-refractivity contribution in [2.24, 2.45) is 11.7 Å². The van der Waals surface area contributed by atoms with Crippen molar-refractivity contribution in [1.82, 2.24) is 0 Å². The summed E-state index contributed by atoms with van der Waals surface area (Å²) in [5, 5.41) is 2.13. The Labute approximate surface area is 113 Å². The van der Waals surface area contributed by atoms with Crippen LogP contribution in [0.3, 0.4) is 0 Å². The molecular formula is C12H14ClF3N2O. The molecule has 0 aliphatic carbocycles. The summed E-state index contributed by atoms with van der Waals surface area (Å²) in [4.78, 5) is 11.7. The predicted octanol–water partition coefficient (Wildman–Crippen LogP) is 3.28. The molecule has 0 fully saturated rings. The molecule has 106 valence electrons. The Hall–Kier alpha value is -1.27. The lowest BCUT2D eigenvalue weighted by Crippen LogP contribution is -2.40. The van der Waals surface area contributed by atoms with Gasteiger partial charge >= 0.3 is 6.18 Å². The molecule has 0 aliphatic heterocycles. The number of halogens is 4. The standard InChI is InChI=1S/C12H14ClF3N2O/c1-6(2)10(17)11(19)18-9-4-3-7(13)5-8(9)12(14,15)16/h3-6,10H,17H2,1-2H3,(H,18,19)/t10-/m1/s1. The van der Waals surface area contributed by atoms with Gasteiger partial charge in [-0.3, -0.25) is 4.79 Å². The van der Waals surface area contributed by atoms with E-state index in [1.807, 2.05) is 0 Å². The van der Waals surface area contributed by atoms with E-state index in [2.05, 4.69) is 5.32 Å². The Morgan fingerprint density at radius 1 is 1.37 bits per heavy atom. The van der Waals surface area contributed by atoms with Crippen molar-refractivity contribution in [2.45, 2.75) is 26.1 Å². The van der Waals surface area contributed by atoms with Crippen molar-refractivity contribution in [3.63, 3.8) is 0 Å². The summed E-state index contributed by atoms with van der Waals surface area (Å²) in [5.74, 6) is -0.843. The molecule has 0 aromatic heterocycles. The van der Waals surface area contributed by atoms with Crippen LogP contribution in [0.25, 0.3) is 0 Å². The van der Waals surface area contributed by atoms with Crippen LogP contribution in [0.1, 0.15) is 19.4 Å². The Kier molecular flexibility index (Phi) is 4.81. The first-order valence-corrected chi connectivity index (χ1v) is 5.94. The van der Waals surface area contributed by atoms with Gasteiger partial charge in [-0.15, -0.1) is 0 Å². The van der Waals surface area contributed by atoms with Crippen LogP contribution in [0.2, 0.25) is 5.02 Å². The Morgan fingerprint density at radius 3 is 2.42 bits per heavy atom. The molecule has 1 amide bonds. The SMILES string of the molecule is CC(C)[C@@H](N)C(=O)Nc1ccc(Cl)cc1C(F)(F)F. The molecule has 0 saturated heterocycles. The minimum Gasteiger partial charge on any atom is -0.324 e. The smallest absolute Gasteiger partial charge is 0.324 e. The highest BCUT2D eigenvalue weighted by molar-refractivity contribution is 6.30. The summed E-state index contributed by atoms with van der Waals surface area (Å²) in [7, 11) is 0. The first-order chi connectivity index (χ1) is 8.62. The van der Waals surface area contributed by atoms with Gasteiger partial charge in [-0.2, -0.15) is 13.2 Å². The van der Waals surface area contributed by atoms with Crippen molar-refractivity contribution in [3.8, 4) is 0 Å². The number of benzene rings is 1. The molecule has 0 saturated carbocycles. The second kappa shape index (κ2) is 5.79. The van der Waals surface area contributed by atoms with Crippen molar-refractivity contribution in [2.75, 3.05) is 5.32 Å². The van der Waals surface area contributed by atoms with Gasteiger partial charge in [0.1, 0.15) is 0 Å². The molecule has 1 aromatic rings. The number of alkyl halides is 3. The van der Waals surface area contributed by atoms with Gasteiger partial charge in [0.05, 0.1) is 17.3 Å². The zero-order valence-electron chi connectivity index (χ0n) is 10.4. The molecule has 1 rings (SSSR count). The average molecular weight is 295 g/mol. The van der Waals surface area contributed by atoms with Gasteiger partial charge in [0.2, 0.25) is 5.91 Å². The molecule has 19 heavy (non-hydrogen) atoms. The highest BCUT2D eigenvalue weighted by Gasteiger charge is 2.34. The first-order valence-electron chi connectivity index (χ1n) is 5.56. The van der Waals surface area contributed by atoms with Crippen LogP contribution < -0.4 is 11.1 Å². The minimum absolute atomic E-state index is 0.0570. The maximum atomic E-state index is 12.8. The Morgan fingerprint density at radius 2 is 1.95 bits per heavy atom. The van der Waals surface area contributed by atoms with E-state index in [4.69, 9.17) is 17.3 Å². The third-order valence-corrected chi connectivity index (χ3v) is 2.80. The quantitative estimate of drug-likeness (QED) is 0.899. The number of nitrogens with two attached hydrogens (primary N) is 1. The van der Waals surface area contributed by atoms with Gasteiger partial charge in [-0.05, 0) is 24.1 Å². The van der Waals surface area contributed by atoms with Gasteiger partial charge < -0.3 is 11.1 Å². The third-order valence-electron chi connectivity index (χ3n) is 2.57. The molecule has 0 radical (unpaired) electrons. The van der Waals surface area contributed by atoms with E-state index in [1.165, 1.54) is 6.07 Å². The number of carbonyl (C=O) groups is 1. The van der Waals surface area contributed by atoms with Crippen molar-refractivity contribution in [1.29, 1.82) is 0 Å². The summed E-state index contributed by atoms with van der Waals surface area (Å²) in [6.45, 7) is 3.41. The van der Waals surface area contributed by atoms with E-state index in [9.17, 15) is 18.0 Å². The molecule has 7 heteroatoms. The highest BCUT2D eigenvalue weighted by Crippen LogP contribution is 2.36. The minimum atomic E-state index is -4.60. The number of nitrogens with one attached hydrogen (secondary N) is 1. The second-order valence-electron chi connectivity index (χ2n) is 4.45. The van der Waals surface area contributed by atoms with Crippen LogP contribution in [0.4, 0.5) is 18.9 Å². The lowest BCUT2D eigenvalue weighted by Gasteiger charge is -2.18. The zero-order valence-corrected chi connectivity index (χ0v) is 11.1. The topological polar surface area (TPSA) is 55.1 Å². The summed E-state index contributed by atoms with van der Waals surface area (Å²) >= 11 is 5.54. The van der Waals surface area contributed by atoms with Crippen molar-refractivity contribution in [3.05, 3.63) is 28.8 Å². The van der Waals surface area contributed by atoms with Gasteiger partial charge in [-0.1, -0.05) is 25.4 Å². The van der Waals surface area contributed by atoms with E-state index in [1.54, 1.807) is 13.8 Å². The summed E-state index contributed by atoms with van der Waals surface area (Å²) in [6.07, 6.45) is -4.60. The fourth-order valence-corrected chi connectivity index (χ4v) is 1.55. The lowest BCUT2D eigenvalue weighted by molar-refractivity contribution is -0.137. The lowest BCUT2D eigenvalue weighted by atomic mass is 10.0. The summed E-state index contributed by atoms with van der Waals surface area (Å²) < 4.78 is 38.4. The van der Waals surface area contributed by atoms with E-state index >= 15 is 0 Å². The molecule has 3 nitrogen and oxygen atoms in total. The summed E-state index contributed by atoms with van der Waals surface area (Å²) in [6, 6.07) is 2.26. The van der Waals surface area contributed by atoms with Gasteiger partial charge in [0, 0.05) is 5.02 Å². The van der Waals surface area contributed by atoms with Crippen LogP contribution in [0, 0.1) is 5.92 Å². The summed E-state index contributed by atoms with van der Waals surface area (Å²) in [5.41, 5.74) is 4.23. The second-order valence-corrected chi connectivity index (χ2v) is 4.88. The maximum Gasteiger partial charge on any atom is 0.418 e. The first kappa shape index (κ1) is 15.8. The van der Waals surface area contributed by atoms with Crippen molar-refractivity contribution >= 4 is 23.2 Å². The number of anilines is 1. The molecule has 3 N–H and O–H groups in total. The van der Waals surface area contributed by atoms with Crippen LogP contribution in [0.15, 0.2) is 18.2 Å². The molecule has 0 heterocycles. The van der Waals surface area contributed by atoms with Gasteiger partial charge in [-0.25, -0.2) is 0 Å². The van der Waals surface area contributed by atoms with Crippen LogP contribution in [-0.4, -0.2) is 11.9 Å². The maximum absolute atomic E-state index is 12.8. The number of hydrogen-bond donors (Lipinski definition) is 2. The zero-order chi connectivity index (χ0) is 14.8. The van der Waals surface area contributed by atoms with E-state index in [0.29, 0.717) is 0 Å². The predicted molar refractivity (Wildman–Crippen MR) is 67.9 cm³/mol. The normalized spacial score (nSPS) is 13.5. The van der Waals surface area contributed by atoms with Gasteiger partial charge in [0.25, 0.3) is 0 Å². The molecule has 1 aromatic carbocycles. The molecule has 0 bridgehead atoms. The number of rotatable bonds is 3. The monoisotopic (exact) mass is 294 g/mol. The van der Waals surface area contributed by atoms with Gasteiger partial charge in [0.15, 0.2) is 0 Å². The van der Waals surface area contributed by atoms with E-state index in [-0.39, 0.29) is 16.6 Å². The Balaban J connectivity index is 3.05. The molecule has 1 atom stereocenters. The molecule has 0 aliphatic rings. The number of carbonyl (C=O) groups excluding carboxylic acids is 1. The van der Waals surface area contributed by atoms with Crippen LogP contribution >= 0.6 is 11.6 Å². The van der Waals surface area contributed by atoms with E-state index in [0.717, 1.165) is 12.1 Å². The fraction of sp³-hybridized carbons (Fsp3) is 0.417. The highest BCUT2D eigenvalue weighted by atomic mass is 35.5. The van der Waals surface area contributed by atoms with Crippen LogP contribution in [0.5, 0.6) is 0 Å². The fourth-order valence-electron chi connectivity index (χ4n) is 1.38. The Bertz CT molecular complexity index is 475. The average Bonchev–Trinajstić information content (AvgIpc) is 2.28. The molecule has 0 unspecified atom stereocenters.